The van der Waals surface area contributed by atoms with Crippen molar-refractivity contribution in [2.24, 2.45) is 4.99 Å². The topological polar surface area (TPSA) is 58.7 Å². The van der Waals surface area contributed by atoms with E-state index in [9.17, 15) is 10.1 Å². The zero-order chi connectivity index (χ0) is 18.1. The van der Waals surface area contributed by atoms with Crippen LogP contribution in [-0.4, -0.2) is 21.0 Å². The van der Waals surface area contributed by atoms with Gasteiger partial charge in [0.25, 0.3) is 5.69 Å². The minimum absolute atomic E-state index is 0.0602. The monoisotopic (exact) mass is 365 g/mol. The van der Waals surface area contributed by atoms with Crippen molar-refractivity contribution in [1.82, 2.24) is 4.90 Å². The zero-order valence-corrected chi connectivity index (χ0v) is 14.5. The number of benzene rings is 2. The summed E-state index contributed by atoms with van der Waals surface area (Å²) in [4.78, 5) is 17.4. The van der Waals surface area contributed by atoms with Gasteiger partial charge in [-0.25, -0.2) is 0 Å². The summed E-state index contributed by atoms with van der Waals surface area (Å²) in [6.45, 7) is 0. The Bertz CT molecular complexity index is 906. The highest BCUT2D eigenvalue weighted by molar-refractivity contribution is 6.22. The number of nitrogens with zero attached hydrogens (tertiary/aromatic N) is 3. The van der Waals surface area contributed by atoms with E-state index in [4.69, 9.17) is 16.6 Å². The fraction of sp³-hybridized carbons (Fsp3) is 0.150. The number of rotatable bonds is 3. The van der Waals surface area contributed by atoms with Crippen molar-refractivity contribution < 1.29 is 4.92 Å². The van der Waals surface area contributed by atoms with E-state index in [1.54, 1.807) is 12.1 Å². The summed E-state index contributed by atoms with van der Waals surface area (Å²) in [5.41, 5.74) is 2.03. The molecule has 0 radical (unpaired) electrons. The Kier molecular flexibility index (Phi) is 4.31. The molecular weight excluding hydrogens is 350 g/mol. The molecule has 2 aromatic rings. The largest absolute Gasteiger partial charge is 0.324 e. The molecule has 0 fully saturated rings. The van der Waals surface area contributed by atoms with Crippen molar-refractivity contribution >= 4 is 23.1 Å². The lowest BCUT2D eigenvalue weighted by Crippen LogP contribution is -2.42. The molecule has 0 aromatic heterocycles. The number of hydrogen-bond donors (Lipinski definition) is 0. The van der Waals surface area contributed by atoms with E-state index in [-0.39, 0.29) is 23.1 Å². The number of nitro benzene ring substituents is 1. The number of amidine groups is 1. The van der Waals surface area contributed by atoms with Crippen LogP contribution >= 0.6 is 11.6 Å². The van der Waals surface area contributed by atoms with Gasteiger partial charge >= 0.3 is 0 Å². The Morgan fingerprint density at radius 1 is 1.00 bits per heavy atom. The van der Waals surface area contributed by atoms with E-state index < -0.39 is 4.92 Å². The standard InChI is InChI=1S/C20H16ClN3O2/c21-18-19(14-9-11-16(12-10-14)24(25)26)22-17-8-4-5-13-23(17)20(18)15-6-2-1-3-7-15/h1-13,18-20H. The van der Waals surface area contributed by atoms with Crippen molar-refractivity contribution in [1.29, 1.82) is 0 Å². The lowest BCUT2D eigenvalue weighted by molar-refractivity contribution is -0.384. The summed E-state index contributed by atoms with van der Waals surface area (Å²) in [7, 11) is 0. The molecule has 0 N–H and O–H groups in total. The second-order valence-corrected chi connectivity index (χ2v) is 6.69. The van der Waals surface area contributed by atoms with E-state index in [0.29, 0.717) is 0 Å². The van der Waals surface area contributed by atoms with Gasteiger partial charge in [-0.2, -0.15) is 0 Å². The molecule has 0 saturated carbocycles. The first kappa shape index (κ1) is 16.5. The van der Waals surface area contributed by atoms with Crippen molar-refractivity contribution in [2.75, 3.05) is 0 Å². The maximum absolute atomic E-state index is 10.9. The molecular formula is C20H16ClN3O2. The Labute approximate surface area is 156 Å². The average Bonchev–Trinajstić information content (AvgIpc) is 2.68. The van der Waals surface area contributed by atoms with Crippen LogP contribution in [0.25, 0.3) is 0 Å². The molecule has 0 aliphatic carbocycles. The Morgan fingerprint density at radius 2 is 1.73 bits per heavy atom. The second-order valence-electron chi connectivity index (χ2n) is 6.19. The Morgan fingerprint density at radius 3 is 2.42 bits per heavy atom. The number of fused-ring (bicyclic) bond motifs is 1. The number of aliphatic imine (C=N–C) groups is 1. The van der Waals surface area contributed by atoms with Gasteiger partial charge in [-0.1, -0.05) is 36.4 Å². The number of allylic oxidation sites excluding steroid dienone is 2. The summed E-state index contributed by atoms with van der Waals surface area (Å²) in [6.07, 6.45) is 7.85. The van der Waals surface area contributed by atoms with Crippen molar-refractivity contribution in [3.05, 3.63) is 100 Å². The molecule has 130 valence electrons. The third-order valence-electron chi connectivity index (χ3n) is 4.63. The highest BCUT2D eigenvalue weighted by Crippen LogP contribution is 2.42. The fourth-order valence-corrected chi connectivity index (χ4v) is 3.85. The Hall–Kier alpha value is -2.92. The summed E-state index contributed by atoms with van der Waals surface area (Å²) < 4.78 is 0. The van der Waals surface area contributed by atoms with E-state index >= 15 is 0 Å². The zero-order valence-electron chi connectivity index (χ0n) is 13.8. The minimum Gasteiger partial charge on any atom is -0.324 e. The SMILES string of the molecule is O=[N+]([O-])c1ccc(C2N=C3C=CC=CN3C(c3ccccc3)C2Cl)cc1. The predicted octanol–water partition coefficient (Wildman–Crippen LogP) is 4.78. The fourth-order valence-electron chi connectivity index (χ4n) is 3.38. The van der Waals surface area contributed by atoms with Crippen LogP contribution in [-0.2, 0) is 0 Å². The molecule has 0 spiro atoms. The Balaban J connectivity index is 1.77. The van der Waals surface area contributed by atoms with Crippen LogP contribution in [0.15, 0.2) is 84.0 Å². The van der Waals surface area contributed by atoms with Crippen molar-refractivity contribution in [3.63, 3.8) is 0 Å². The molecule has 26 heavy (non-hydrogen) atoms. The van der Waals surface area contributed by atoms with Crippen LogP contribution in [0, 0.1) is 10.1 Å². The van der Waals surface area contributed by atoms with Gasteiger partial charge in [-0.15, -0.1) is 11.6 Å². The highest BCUT2D eigenvalue weighted by Gasteiger charge is 2.39. The van der Waals surface area contributed by atoms with Gasteiger partial charge in [0.05, 0.1) is 22.4 Å². The van der Waals surface area contributed by atoms with Crippen molar-refractivity contribution in [2.45, 2.75) is 17.5 Å². The maximum atomic E-state index is 10.9. The van der Waals surface area contributed by atoms with Crippen LogP contribution in [0.4, 0.5) is 5.69 Å². The van der Waals surface area contributed by atoms with E-state index in [1.165, 1.54) is 12.1 Å². The van der Waals surface area contributed by atoms with Crippen LogP contribution in [0.3, 0.4) is 0 Å². The van der Waals surface area contributed by atoms with Gasteiger partial charge in [-0.05, 0) is 35.4 Å². The third kappa shape index (κ3) is 2.91. The van der Waals surface area contributed by atoms with Gasteiger partial charge in [0.15, 0.2) is 0 Å². The van der Waals surface area contributed by atoms with E-state index in [2.05, 4.69) is 17.0 Å². The van der Waals surface area contributed by atoms with Gasteiger partial charge in [0.2, 0.25) is 0 Å². The molecule has 2 aliphatic heterocycles. The van der Waals surface area contributed by atoms with Gasteiger partial charge in [-0.3, -0.25) is 15.1 Å². The summed E-state index contributed by atoms with van der Waals surface area (Å²) in [6, 6.07) is 16.2. The maximum Gasteiger partial charge on any atom is 0.269 e. The van der Waals surface area contributed by atoms with Gasteiger partial charge in [0.1, 0.15) is 5.84 Å². The summed E-state index contributed by atoms with van der Waals surface area (Å²) >= 11 is 6.90. The molecule has 0 saturated heterocycles. The number of alkyl halides is 1. The molecule has 3 unspecified atom stereocenters. The number of hydrogen-bond acceptors (Lipinski definition) is 4. The van der Waals surface area contributed by atoms with Gasteiger partial charge < -0.3 is 4.90 Å². The molecule has 2 aliphatic rings. The van der Waals surface area contributed by atoms with Crippen molar-refractivity contribution in [3.8, 4) is 0 Å². The summed E-state index contributed by atoms with van der Waals surface area (Å²) in [5.74, 6) is 0.835. The number of non-ortho nitro benzene ring substituents is 1. The molecule has 5 nitrogen and oxygen atoms in total. The predicted molar refractivity (Wildman–Crippen MR) is 102 cm³/mol. The quantitative estimate of drug-likeness (QED) is 0.446. The molecule has 3 atom stereocenters. The van der Waals surface area contributed by atoms with Gasteiger partial charge in [0, 0.05) is 18.3 Å². The molecule has 2 aromatic carbocycles. The first-order chi connectivity index (χ1) is 12.6. The highest BCUT2D eigenvalue weighted by atomic mass is 35.5. The van der Waals surface area contributed by atoms with E-state index in [1.807, 2.05) is 42.6 Å². The second kappa shape index (κ2) is 6.77. The number of nitro groups is 1. The van der Waals surface area contributed by atoms with Crippen LogP contribution in [0.1, 0.15) is 23.2 Å². The molecule has 0 amide bonds. The molecule has 4 rings (SSSR count). The molecule has 0 bridgehead atoms. The molecule has 2 heterocycles. The first-order valence-electron chi connectivity index (χ1n) is 8.29. The number of halogens is 1. The van der Waals surface area contributed by atoms with Crippen LogP contribution in [0.5, 0.6) is 0 Å². The van der Waals surface area contributed by atoms with Crippen LogP contribution < -0.4 is 0 Å². The average molecular weight is 366 g/mol. The normalized spacial score (nSPS) is 24.1. The lowest BCUT2D eigenvalue weighted by atomic mass is 9.91. The third-order valence-corrected chi connectivity index (χ3v) is 5.11. The van der Waals surface area contributed by atoms with Crippen LogP contribution in [0.2, 0.25) is 0 Å². The minimum atomic E-state index is -0.405. The molecule has 6 heteroatoms. The lowest BCUT2D eigenvalue weighted by Gasteiger charge is -2.41. The smallest absolute Gasteiger partial charge is 0.269 e. The summed E-state index contributed by atoms with van der Waals surface area (Å²) in [5, 5.41) is 10.6. The van der Waals surface area contributed by atoms with E-state index in [0.717, 1.165) is 17.0 Å². The first-order valence-corrected chi connectivity index (χ1v) is 8.73.